The van der Waals surface area contributed by atoms with E-state index in [4.69, 9.17) is 25.9 Å². The Bertz CT molecular complexity index is 2000. The van der Waals surface area contributed by atoms with Gasteiger partial charge in [0.1, 0.15) is 36.8 Å². The minimum atomic E-state index is -0.909. The van der Waals surface area contributed by atoms with E-state index in [9.17, 15) is 9.50 Å². The zero-order valence-corrected chi connectivity index (χ0v) is 27.1. The molecule has 3 saturated heterocycles. The van der Waals surface area contributed by atoms with Crippen LogP contribution < -0.4 is 19.7 Å². The van der Waals surface area contributed by atoms with E-state index in [1.807, 2.05) is 6.92 Å². The highest BCUT2D eigenvalue weighted by Gasteiger charge is 2.49. The van der Waals surface area contributed by atoms with Crippen molar-refractivity contribution in [1.29, 1.82) is 0 Å². The van der Waals surface area contributed by atoms with Gasteiger partial charge in [-0.05, 0) is 78.4 Å². The minimum absolute atomic E-state index is 0.0106. The number of aromatic nitrogens is 2. The van der Waals surface area contributed by atoms with Crippen LogP contribution in [0.2, 0.25) is 0 Å². The number of rotatable bonds is 6. The summed E-state index contributed by atoms with van der Waals surface area (Å²) in [4.78, 5) is 14.1. The zero-order valence-electron chi connectivity index (χ0n) is 27.1. The number of terminal acetylenes is 1. The molecule has 4 aliphatic heterocycles. The third-order valence-corrected chi connectivity index (χ3v) is 10.9. The fourth-order valence-electron chi connectivity index (χ4n) is 8.70. The number of hydrogen-bond acceptors (Lipinski definition) is 8. The fraction of sp³-hybridized carbons (Fsp3) is 0.459. The number of phenolic OH excluding ortho intramolecular Hbond substituents is 1. The van der Waals surface area contributed by atoms with E-state index in [2.05, 4.69) is 21.0 Å². The first kappa shape index (κ1) is 31.0. The molecule has 48 heavy (non-hydrogen) atoms. The smallest absolute Gasteiger partial charge is 0.319 e. The van der Waals surface area contributed by atoms with Crippen molar-refractivity contribution in [3.63, 3.8) is 0 Å². The molecule has 250 valence electrons. The first-order chi connectivity index (χ1) is 23.2. The van der Waals surface area contributed by atoms with Gasteiger partial charge in [0.2, 0.25) is 0 Å². The quantitative estimate of drug-likeness (QED) is 0.251. The Morgan fingerprint density at radius 2 is 2.06 bits per heavy atom. The Hall–Kier alpha value is -4.27. The van der Waals surface area contributed by atoms with Crippen LogP contribution >= 0.6 is 0 Å². The number of fused-ring (bicyclic) bond motifs is 4. The molecule has 0 spiro atoms. The Morgan fingerprint density at radius 1 is 1.21 bits per heavy atom. The molecule has 0 amide bonds. The number of anilines is 1. The van der Waals surface area contributed by atoms with Crippen LogP contribution in [0.15, 0.2) is 24.3 Å². The largest absolute Gasteiger partial charge is 0.508 e. The average molecular weight is 658 g/mol. The Morgan fingerprint density at radius 3 is 2.88 bits per heavy atom. The number of ether oxygens (including phenoxy) is 2. The molecule has 0 saturated carbocycles. The summed E-state index contributed by atoms with van der Waals surface area (Å²) in [6.45, 7) is 6.40. The van der Waals surface area contributed by atoms with E-state index < -0.39 is 23.3 Å². The predicted octanol–water partition coefficient (Wildman–Crippen LogP) is 5.82. The summed E-state index contributed by atoms with van der Waals surface area (Å²) in [7, 11) is 0. The van der Waals surface area contributed by atoms with Gasteiger partial charge in [-0.1, -0.05) is 13.0 Å². The highest BCUT2D eigenvalue weighted by Crippen LogP contribution is 2.48. The maximum atomic E-state index is 17.2. The molecule has 3 aromatic carbocycles. The third-order valence-electron chi connectivity index (χ3n) is 10.9. The van der Waals surface area contributed by atoms with Crippen molar-refractivity contribution in [3.8, 4) is 41.0 Å². The lowest BCUT2D eigenvalue weighted by Crippen LogP contribution is -2.60. The SMILES string of the molecule is C#CC[C@@H]1NCCN2c3nc(OC[C@@]45CCCN4C[C@H](F)C5)nc4c(C)c(-c5cc(O)cc6ccc(F)c(CC)c56)c(F)c(c34)OC[C@H]12. The molecule has 11 heteroatoms. The van der Waals surface area contributed by atoms with Gasteiger partial charge < -0.3 is 24.8 Å². The molecule has 4 atom stereocenters. The van der Waals surface area contributed by atoms with Crippen LogP contribution in [0, 0.1) is 30.9 Å². The van der Waals surface area contributed by atoms with E-state index >= 15 is 8.78 Å². The molecule has 0 unspecified atom stereocenters. The molecule has 5 heterocycles. The summed E-state index contributed by atoms with van der Waals surface area (Å²) in [6, 6.07) is 5.70. The van der Waals surface area contributed by atoms with Crippen LogP contribution in [-0.4, -0.2) is 83.2 Å². The van der Waals surface area contributed by atoms with Crippen LogP contribution in [0.1, 0.15) is 43.7 Å². The maximum Gasteiger partial charge on any atom is 0.319 e. The van der Waals surface area contributed by atoms with Gasteiger partial charge in [0.05, 0.1) is 22.5 Å². The van der Waals surface area contributed by atoms with Gasteiger partial charge in [-0.25, -0.2) is 13.2 Å². The second kappa shape index (κ2) is 11.7. The molecule has 4 aromatic rings. The molecular weight excluding hydrogens is 619 g/mol. The van der Waals surface area contributed by atoms with E-state index in [0.29, 0.717) is 83.1 Å². The van der Waals surface area contributed by atoms with Crippen molar-refractivity contribution in [2.24, 2.45) is 0 Å². The van der Waals surface area contributed by atoms with E-state index in [0.717, 1.165) is 19.4 Å². The van der Waals surface area contributed by atoms with Crippen LogP contribution in [0.5, 0.6) is 17.5 Å². The van der Waals surface area contributed by atoms with Gasteiger partial charge in [-0.15, -0.1) is 12.3 Å². The minimum Gasteiger partial charge on any atom is -0.508 e. The number of piperazine rings is 1. The lowest BCUT2D eigenvalue weighted by atomic mass is 9.89. The van der Waals surface area contributed by atoms with Crippen molar-refractivity contribution >= 4 is 27.5 Å². The average Bonchev–Trinajstić information content (AvgIpc) is 3.53. The molecule has 3 fully saturated rings. The maximum absolute atomic E-state index is 17.2. The summed E-state index contributed by atoms with van der Waals surface area (Å²) in [6.07, 6.45) is 7.83. The number of nitrogens with one attached hydrogen (secondary N) is 1. The number of alkyl halides is 1. The topological polar surface area (TPSA) is 83.0 Å². The van der Waals surface area contributed by atoms with Crippen molar-refractivity contribution in [1.82, 2.24) is 20.2 Å². The number of aryl methyl sites for hydroxylation is 2. The number of benzene rings is 3. The highest BCUT2D eigenvalue weighted by molar-refractivity contribution is 6.07. The number of phenols is 1. The van der Waals surface area contributed by atoms with Crippen LogP contribution in [0.3, 0.4) is 0 Å². The van der Waals surface area contributed by atoms with Gasteiger partial charge in [-0.3, -0.25) is 4.90 Å². The zero-order chi connectivity index (χ0) is 33.3. The van der Waals surface area contributed by atoms with E-state index in [1.165, 1.54) is 12.1 Å². The number of halogens is 3. The molecule has 0 radical (unpaired) electrons. The number of nitrogens with zero attached hydrogens (tertiary/aromatic N) is 4. The van der Waals surface area contributed by atoms with Gasteiger partial charge in [0, 0.05) is 44.1 Å². The molecule has 1 aromatic heterocycles. The molecule has 8 nitrogen and oxygen atoms in total. The molecule has 0 bridgehead atoms. The van der Waals surface area contributed by atoms with Gasteiger partial charge in [0.15, 0.2) is 11.6 Å². The lowest BCUT2D eigenvalue weighted by molar-refractivity contribution is 0.107. The van der Waals surface area contributed by atoms with E-state index in [-0.39, 0.29) is 48.4 Å². The van der Waals surface area contributed by atoms with Gasteiger partial charge in [-0.2, -0.15) is 9.97 Å². The Labute approximate surface area is 277 Å². The van der Waals surface area contributed by atoms with E-state index in [1.54, 1.807) is 19.1 Å². The van der Waals surface area contributed by atoms with Crippen molar-refractivity contribution in [3.05, 3.63) is 47.0 Å². The van der Waals surface area contributed by atoms with Crippen LogP contribution in [0.25, 0.3) is 32.8 Å². The number of aromatic hydroxyl groups is 1. The summed E-state index contributed by atoms with van der Waals surface area (Å²) in [5, 5.41) is 15.8. The normalized spacial score (nSPS) is 25.1. The second-order valence-corrected chi connectivity index (χ2v) is 13.6. The summed E-state index contributed by atoms with van der Waals surface area (Å²) in [5.41, 5.74) is 1.40. The monoisotopic (exact) mass is 657 g/mol. The second-order valence-electron chi connectivity index (χ2n) is 13.6. The highest BCUT2D eigenvalue weighted by atomic mass is 19.1. The molecule has 2 N–H and O–H groups in total. The predicted molar refractivity (Wildman–Crippen MR) is 179 cm³/mol. The Kier molecular flexibility index (Phi) is 7.57. The fourth-order valence-corrected chi connectivity index (χ4v) is 8.70. The molecule has 4 aliphatic rings. The summed E-state index contributed by atoms with van der Waals surface area (Å²) >= 11 is 0. The van der Waals surface area contributed by atoms with Crippen LogP contribution in [-0.2, 0) is 6.42 Å². The van der Waals surface area contributed by atoms with Gasteiger partial charge >= 0.3 is 6.01 Å². The molecule has 8 rings (SSSR count). The molecular formula is C37H38F3N5O3. The summed E-state index contributed by atoms with van der Waals surface area (Å²) < 4.78 is 59.8. The van der Waals surface area contributed by atoms with Crippen molar-refractivity contribution < 1.29 is 27.8 Å². The van der Waals surface area contributed by atoms with Crippen molar-refractivity contribution in [2.45, 2.75) is 69.7 Å². The van der Waals surface area contributed by atoms with Gasteiger partial charge in [0.25, 0.3) is 0 Å². The third kappa shape index (κ3) is 4.75. The van der Waals surface area contributed by atoms with Crippen molar-refractivity contribution in [2.75, 3.05) is 44.3 Å². The first-order valence-corrected chi connectivity index (χ1v) is 16.8. The standard InChI is InChI=1S/C37H38F3N5O3/c1-4-7-27-28-18-47-34-31-33(20(3)29(32(34)40)25-15-23(46)14-21-8-9-26(39)24(5-2)30(21)25)42-36(43-35(31)45(28)13-11-41-27)48-19-37-10-6-12-44(37)17-22(38)16-37/h1,8-9,14-15,22,27-28,41,46H,5-7,10-13,16-19H2,2-3H3/t22-,27+,28-,37+/m1/s1. The molecule has 0 aliphatic carbocycles. The lowest BCUT2D eigenvalue weighted by Gasteiger charge is -2.41. The van der Waals surface area contributed by atoms with Crippen LogP contribution in [0.4, 0.5) is 19.0 Å². The first-order valence-electron chi connectivity index (χ1n) is 16.8. The Balaban J connectivity index is 1.36. The number of hydrogen-bond donors (Lipinski definition) is 2. The summed E-state index contributed by atoms with van der Waals surface area (Å²) in [5.74, 6) is 2.10.